The minimum Gasteiger partial charge on any atom is -0.484 e. The van der Waals surface area contributed by atoms with E-state index in [1.165, 1.54) is 0 Å². The predicted octanol–water partition coefficient (Wildman–Crippen LogP) is 1.49. The summed E-state index contributed by atoms with van der Waals surface area (Å²) in [6, 6.07) is 7.99. The van der Waals surface area contributed by atoms with Crippen LogP contribution in [0.2, 0.25) is 0 Å². The van der Waals surface area contributed by atoms with Gasteiger partial charge in [-0.1, -0.05) is 19.1 Å². The molecule has 1 amide bonds. The van der Waals surface area contributed by atoms with Crippen LogP contribution in [0.15, 0.2) is 24.3 Å². The van der Waals surface area contributed by atoms with Crippen LogP contribution in [-0.2, 0) is 4.79 Å². The van der Waals surface area contributed by atoms with Crippen LogP contribution in [0.5, 0.6) is 5.75 Å². The van der Waals surface area contributed by atoms with E-state index in [0.29, 0.717) is 5.92 Å². The van der Waals surface area contributed by atoms with Crippen molar-refractivity contribution < 1.29 is 9.53 Å². The van der Waals surface area contributed by atoms with Gasteiger partial charge in [0.15, 0.2) is 6.61 Å². The third-order valence-corrected chi connectivity index (χ3v) is 3.49. The average molecular weight is 262 g/mol. The molecule has 0 radical (unpaired) electrons. The molecule has 4 nitrogen and oxygen atoms in total. The minimum atomic E-state index is -0.0414. The molecule has 1 fully saturated rings. The molecule has 0 saturated carbocycles. The van der Waals surface area contributed by atoms with E-state index in [2.05, 4.69) is 17.6 Å². The Hall–Kier alpha value is -1.55. The summed E-state index contributed by atoms with van der Waals surface area (Å²) >= 11 is 0. The number of benzene rings is 1. The fraction of sp³-hybridized carbons (Fsp3) is 0.533. The van der Waals surface area contributed by atoms with Gasteiger partial charge in [0.05, 0.1) is 0 Å². The monoisotopic (exact) mass is 262 g/mol. The molecule has 2 atom stereocenters. The highest BCUT2D eigenvalue weighted by atomic mass is 16.5. The summed E-state index contributed by atoms with van der Waals surface area (Å²) in [4.78, 5) is 11.9. The summed E-state index contributed by atoms with van der Waals surface area (Å²) in [5.41, 5.74) is 1.13. The van der Waals surface area contributed by atoms with Gasteiger partial charge < -0.3 is 15.4 Å². The van der Waals surface area contributed by atoms with Gasteiger partial charge in [-0.05, 0) is 50.0 Å². The molecule has 1 heterocycles. The van der Waals surface area contributed by atoms with E-state index in [-0.39, 0.29) is 18.6 Å². The first-order chi connectivity index (χ1) is 9.15. The Kier molecular flexibility index (Phi) is 4.80. The van der Waals surface area contributed by atoms with Gasteiger partial charge in [-0.2, -0.15) is 0 Å². The average Bonchev–Trinajstić information content (AvgIpc) is 2.39. The predicted molar refractivity (Wildman–Crippen MR) is 75.3 cm³/mol. The number of amides is 1. The molecule has 19 heavy (non-hydrogen) atoms. The van der Waals surface area contributed by atoms with Crippen LogP contribution >= 0.6 is 0 Å². The van der Waals surface area contributed by atoms with Crippen LogP contribution in [0, 0.1) is 12.8 Å². The van der Waals surface area contributed by atoms with Crippen molar-refractivity contribution in [3.8, 4) is 5.75 Å². The number of rotatable bonds is 4. The molecule has 1 aliphatic heterocycles. The topological polar surface area (TPSA) is 50.4 Å². The van der Waals surface area contributed by atoms with Gasteiger partial charge in [-0.3, -0.25) is 4.79 Å². The van der Waals surface area contributed by atoms with Gasteiger partial charge >= 0.3 is 0 Å². The zero-order valence-electron chi connectivity index (χ0n) is 11.6. The number of carbonyl (C=O) groups excluding carboxylic acids is 1. The van der Waals surface area contributed by atoms with Gasteiger partial charge in [0.1, 0.15) is 5.75 Å². The molecule has 0 bridgehead atoms. The van der Waals surface area contributed by atoms with Crippen LogP contribution < -0.4 is 15.4 Å². The molecule has 0 spiro atoms. The summed E-state index contributed by atoms with van der Waals surface area (Å²) in [6.45, 7) is 6.17. The van der Waals surface area contributed by atoms with E-state index in [4.69, 9.17) is 4.74 Å². The van der Waals surface area contributed by atoms with E-state index < -0.39 is 0 Å². The second kappa shape index (κ2) is 6.57. The molecule has 2 unspecified atom stereocenters. The van der Waals surface area contributed by atoms with Crippen molar-refractivity contribution in [2.24, 2.45) is 5.92 Å². The molecule has 1 aromatic carbocycles. The van der Waals surface area contributed by atoms with Crippen LogP contribution in [0.1, 0.15) is 18.9 Å². The molecule has 1 saturated heterocycles. The molecule has 4 heteroatoms. The van der Waals surface area contributed by atoms with E-state index in [9.17, 15) is 4.79 Å². The Balaban J connectivity index is 1.78. The number of hydrogen-bond donors (Lipinski definition) is 2. The molecular formula is C15H22N2O2. The summed E-state index contributed by atoms with van der Waals surface area (Å²) in [6.07, 6.45) is 0.983. The molecular weight excluding hydrogens is 240 g/mol. The summed E-state index contributed by atoms with van der Waals surface area (Å²) in [7, 11) is 0. The van der Waals surface area contributed by atoms with Crippen LogP contribution in [0.3, 0.4) is 0 Å². The SMILES string of the molecule is Cc1cccc(OCC(=O)NC2CCNCC2C)c1. The Bertz CT molecular complexity index is 434. The molecule has 0 aliphatic carbocycles. The van der Waals surface area contributed by atoms with Crippen molar-refractivity contribution in [2.45, 2.75) is 26.3 Å². The third-order valence-electron chi connectivity index (χ3n) is 3.49. The zero-order chi connectivity index (χ0) is 13.7. The summed E-state index contributed by atoms with van der Waals surface area (Å²) < 4.78 is 5.50. The maximum atomic E-state index is 11.9. The van der Waals surface area contributed by atoms with E-state index in [1.54, 1.807) is 0 Å². The molecule has 1 aromatic rings. The highest BCUT2D eigenvalue weighted by molar-refractivity contribution is 5.77. The first-order valence-electron chi connectivity index (χ1n) is 6.84. The number of carbonyl (C=O) groups is 1. The molecule has 2 rings (SSSR count). The van der Waals surface area contributed by atoms with E-state index >= 15 is 0 Å². The lowest BCUT2D eigenvalue weighted by Gasteiger charge is -2.30. The van der Waals surface area contributed by atoms with Gasteiger partial charge in [-0.15, -0.1) is 0 Å². The number of piperidine rings is 1. The molecule has 1 aliphatic rings. The fourth-order valence-electron chi connectivity index (χ4n) is 2.33. The largest absolute Gasteiger partial charge is 0.484 e. The standard InChI is InChI=1S/C15H22N2O2/c1-11-4-3-5-13(8-11)19-10-15(18)17-14-6-7-16-9-12(14)2/h3-5,8,12,14,16H,6-7,9-10H2,1-2H3,(H,17,18). The van der Waals surface area contributed by atoms with Crippen LogP contribution in [0.25, 0.3) is 0 Å². The Morgan fingerprint density at radius 3 is 3.11 bits per heavy atom. The highest BCUT2D eigenvalue weighted by Gasteiger charge is 2.22. The minimum absolute atomic E-state index is 0.0414. The number of hydrogen-bond acceptors (Lipinski definition) is 3. The van der Waals surface area contributed by atoms with Crippen LogP contribution in [0.4, 0.5) is 0 Å². The van der Waals surface area contributed by atoms with Crippen molar-refractivity contribution in [2.75, 3.05) is 19.7 Å². The molecule has 2 N–H and O–H groups in total. The van der Waals surface area contributed by atoms with Crippen molar-refractivity contribution in [1.82, 2.24) is 10.6 Å². The van der Waals surface area contributed by atoms with Gasteiger partial charge in [0, 0.05) is 6.04 Å². The second-order valence-corrected chi connectivity index (χ2v) is 5.25. The lowest BCUT2D eigenvalue weighted by atomic mass is 9.95. The van der Waals surface area contributed by atoms with Crippen molar-refractivity contribution >= 4 is 5.91 Å². The Labute approximate surface area is 114 Å². The summed E-state index contributed by atoms with van der Waals surface area (Å²) in [5, 5.41) is 6.37. The first kappa shape index (κ1) is 13.9. The number of aryl methyl sites for hydroxylation is 1. The van der Waals surface area contributed by atoms with Crippen LogP contribution in [-0.4, -0.2) is 31.6 Å². The second-order valence-electron chi connectivity index (χ2n) is 5.25. The van der Waals surface area contributed by atoms with Crippen molar-refractivity contribution in [3.05, 3.63) is 29.8 Å². The highest BCUT2D eigenvalue weighted by Crippen LogP contribution is 2.13. The normalized spacial score (nSPS) is 22.8. The zero-order valence-corrected chi connectivity index (χ0v) is 11.6. The van der Waals surface area contributed by atoms with Gasteiger partial charge in [-0.25, -0.2) is 0 Å². The maximum absolute atomic E-state index is 11.9. The first-order valence-corrected chi connectivity index (χ1v) is 6.84. The van der Waals surface area contributed by atoms with Gasteiger partial charge in [0.25, 0.3) is 5.91 Å². The Morgan fingerprint density at radius 2 is 2.37 bits per heavy atom. The van der Waals surface area contributed by atoms with E-state index in [0.717, 1.165) is 30.8 Å². The Morgan fingerprint density at radius 1 is 1.53 bits per heavy atom. The number of ether oxygens (including phenoxy) is 1. The maximum Gasteiger partial charge on any atom is 0.258 e. The van der Waals surface area contributed by atoms with Crippen molar-refractivity contribution in [3.63, 3.8) is 0 Å². The fourth-order valence-corrected chi connectivity index (χ4v) is 2.33. The number of nitrogens with one attached hydrogen (secondary N) is 2. The smallest absolute Gasteiger partial charge is 0.258 e. The lowest BCUT2D eigenvalue weighted by molar-refractivity contribution is -0.124. The van der Waals surface area contributed by atoms with E-state index in [1.807, 2.05) is 31.2 Å². The summed E-state index contributed by atoms with van der Waals surface area (Å²) in [5.74, 6) is 1.17. The van der Waals surface area contributed by atoms with Crippen molar-refractivity contribution in [1.29, 1.82) is 0 Å². The third kappa shape index (κ3) is 4.24. The quantitative estimate of drug-likeness (QED) is 0.864. The lowest BCUT2D eigenvalue weighted by Crippen LogP contribution is -2.49. The molecule has 104 valence electrons. The molecule has 0 aromatic heterocycles. The van der Waals surface area contributed by atoms with Gasteiger partial charge in [0.2, 0.25) is 0 Å².